The van der Waals surface area contributed by atoms with Crippen LogP contribution in [0, 0.1) is 0 Å². The van der Waals surface area contributed by atoms with E-state index in [0.717, 1.165) is 95.1 Å². The van der Waals surface area contributed by atoms with E-state index in [0.29, 0.717) is 0 Å². The second kappa shape index (κ2) is 13.1. The molecule has 12 aromatic rings. The highest BCUT2D eigenvalue weighted by Gasteiger charge is 2.41. The van der Waals surface area contributed by atoms with Gasteiger partial charge in [-0.05, 0) is 89.2 Å². The Morgan fingerprint density at radius 2 is 1.05 bits per heavy atom. The Morgan fingerprint density at radius 1 is 0.397 bits per heavy atom. The topological polar surface area (TPSA) is 45.6 Å². The van der Waals surface area contributed by atoms with Crippen molar-refractivity contribution in [2.45, 2.75) is 0 Å². The number of para-hydroxylation sites is 6. The van der Waals surface area contributed by atoms with Crippen LogP contribution in [0.4, 0.5) is 0 Å². The van der Waals surface area contributed by atoms with Gasteiger partial charge in [0, 0.05) is 27.6 Å². The minimum atomic E-state index is -0.107. The fourth-order valence-corrected chi connectivity index (χ4v) is 10.7. The van der Waals surface area contributed by atoms with Crippen LogP contribution in [0.3, 0.4) is 0 Å². The van der Waals surface area contributed by atoms with Crippen molar-refractivity contribution in [2.75, 3.05) is 0 Å². The quantitative estimate of drug-likeness (QED) is 0.167. The Kier molecular flexibility index (Phi) is 7.19. The van der Waals surface area contributed by atoms with Gasteiger partial charge < -0.3 is 14.0 Å². The van der Waals surface area contributed by atoms with E-state index in [-0.39, 0.29) is 13.4 Å². The maximum Gasteiger partial charge on any atom is 0.255 e. The van der Waals surface area contributed by atoms with Crippen LogP contribution in [-0.4, -0.2) is 31.9 Å². The molecule has 0 aliphatic carbocycles. The van der Waals surface area contributed by atoms with E-state index in [9.17, 15) is 0 Å². The van der Waals surface area contributed by atoms with Crippen LogP contribution < -0.4 is 42.3 Å². The number of aromatic nitrogens is 4. The summed E-state index contributed by atoms with van der Waals surface area (Å²) in [6.07, 6.45) is 0. The maximum atomic E-state index is 7.06. The first-order chi connectivity index (χ1) is 31.3. The lowest BCUT2D eigenvalue weighted by molar-refractivity contribution is 0.469. The van der Waals surface area contributed by atoms with Gasteiger partial charge in [-0.25, -0.2) is 4.98 Å². The first-order valence-corrected chi connectivity index (χ1v) is 21.5. The number of hydrogen-bond acceptors (Lipinski definition) is 3. The molecule has 2 aliphatic heterocycles. The normalized spacial score (nSPS) is 13.0. The van der Waals surface area contributed by atoms with Crippen LogP contribution in [0.1, 0.15) is 0 Å². The molecule has 0 fully saturated rings. The average Bonchev–Trinajstić information content (AvgIpc) is 4.00. The molecule has 9 aromatic carbocycles. The molecule has 292 valence electrons. The van der Waals surface area contributed by atoms with Crippen molar-refractivity contribution in [1.82, 2.24) is 18.5 Å². The molecule has 2 aliphatic rings. The fourth-order valence-electron chi connectivity index (χ4n) is 10.7. The van der Waals surface area contributed by atoms with Crippen molar-refractivity contribution in [3.8, 4) is 34.4 Å². The fraction of sp³-hybridized carbons (Fsp3) is 0. The molecule has 0 saturated carbocycles. The third kappa shape index (κ3) is 4.89. The maximum absolute atomic E-state index is 7.06. The van der Waals surface area contributed by atoms with Crippen LogP contribution >= 0.6 is 0 Å². The Labute approximate surface area is 363 Å². The van der Waals surface area contributed by atoms with Crippen LogP contribution in [0.15, 0.2) is 206 Å². The van der Waals surface area contributed by atoms with Crippen LogP contribution in [-0.2, 0) is 0 Å². The SMILES string of the molecule is c1ccc(B2c3ccccc3Oc3ccc4c(c32)Oc2ccccc2B4c2cccc(-n3c4ccccc4c4ccc5c(nc6n(-c7ccccc7)c7ccccc7n56)c43)c2)cc1. The monoisotopic (exact) mass is 804 g/mol. The molecule has 0 N–H and O–H groups in total. The number of nitrogens with zero attached hydrogens (tertiary/aromatic N) is 4. The van der Waals surface area contributed by atoms with Crippen molar-refractivity contribution < 1.29 is 9.47 Å². The van der Waals surface area contributed by atoms with Gasteiger partial charge >= 0.3 is 0 Å². The van der Waals surface area contributed by atoms with Crippen molar-refractivity contribution in [3.63, 3.8) is 0 Å². The van der Waals surface area contributed by atoms with Crippen LogP contribution in [0.25, 0.3) is 61.0 Å². The molecule has 14 rings (SSSR count). The highest BCUT2D eigenvalue weighted by atomic mass is 16.5. The van der Waals surface area contributed by atoms with Gasteiger partial charge in [0.1, 0.15) is 28.5 Å². The predicted octanol–water partition coefficient (Wildman–Crippen LogP) is 8.77. The smallest absolute Gasteiger partial charge is 0.255 e. The molecular formula is C55H34B2N4O2. The number of ether oxygens (including phenoxy) is 2. The molecular weight excluding hydrogens is 770 g/mol. The van der Waals surface area contributed by atoms with Crippen molar-refractivity contribution in [2.24, 2.45) is 0 Å². The van der Waals surface area contributed by atoms with E-state index < -0.39 is 0 Å². The second-order valence-electron chi connectivity index (χ2n) is 16.6. The zero-order chi connectivity index (χ0) is 41.2. The predicted molar refractivity (Wildman–Crippen MR) is 259 cm³/mol. The van der Waals surface area contributed by atoms with Gasteiger partial charge in [-0.2, -0.15) is 0 Å². The summed E-state index contributed by atoms with van der Waals surface area (Å²) in [5.74, 6) is 4.30. The van der Waals surface area contributed by atoms with E-state index >= 15 is 0 Å². The van der Waals surface area contributed by atoms with Gasteiger partial charge in [0.25, 0.3) is 13.4 Å². The minimum absolute atomic E-state index is 0.0697. The van der Waals surface area contributed by atoms with Crippen LogP contribution in [0.5, 0.6) is 23.0 Å². The summed E-state index contributed by atoms with van der Waals surface area (Å²) >= 11 is 0. The van der Waals surface area contributed by atoms with E-state index in [2.05, 4.69) is 214 Å². The number of hydrogen-bond donors (Lipinski definition) is 0. The summed E-state index contributed by atoms with van der Waals surface area (Å²) < 4.78 is 20.8. The summed E-state index contributed by atoms with van der Waals surface area (Å²) in [6.45, 7) is -0.177. The standard InChI is InChI=1S/C55H34B2N4O2/c1-3-16-35(17-4-1)57-42-24-9-13-28-48(42)62-50-33-31-43-54(51(50)57)63-49-29-14-8-23-41(49)56(43)36-18-15-21-38(34-36)59-44-25-10-7-22-39(44)40-30-32-47-52(53(40)59)58-55-60(37-19-5-2-6-20-37)45-26-11-12-27-46(45)61(47)55/h1-34H. The third-order valence-corrected chi connectivity index (χ3v) is 13.3. The first kappa shape index (κ1) is 34.5. The lowest BCUT2D eigenvalue weighted by atomic mass is 9.32. The van der Waals surface area contributed by atoms with Crippen molar-refractivity contribution >= 4 is 95.9 Å². The third-order valence-electron chi connectivity index (χ3n) is 13.3. The molecule has 0 radical (unpaired) electrons. The summed E-state index contributed by atoms with van der Waals surface area (Å²) in [5.41, 5.74) is 15.4. The van der Waals surface area contributed by atoms with E-state index in [1.807, 2.05) is 6.07 Å². The molecule has 0 amide bonds. The van der Waals surface area contributed by atoms with Crippen LogP contribution in [0.2, 0.25) is 0 Å². The van der Waals surface area contributed by atoms with Gasteiger partial charge in [-0.3, -0.25) is 8.97 Å². The number of fused-ring (bicyclic) bond motifs is 14. The Hall–Kier alpha value is -8.22. The molecule has 0 bridgehead atoms. The van der Waals surface area contributed by atoms with E-state index in [1.54, 1.807) is 0 Å². The first-order valence-electron chi connectivity index (χ1n) is 21.5. The minimum Gasteiger partial charge on any atom is -0.459 e. The Morgan fingerprint density at radius 3 is 1.87 bits per heavy atom. The Balaban J connectivity index is 1.01. The van der Waals surface area contributed by atoms with Gasteiger partial charge in [-0.1, -0.05) is 144 Å². The number of rotatable bonds is 4. The lowest BCUT2D eigenvalue weighted by Gasteiger charge is -2.34. The molecule has 5 heterocycles. The molecule has 3 aromatic heterocycles. The molecule has 8 heteroatoms. The summed E-state index contributed by atoms with van der Waals surface area (Å²) in [7, 11) is 0. The lowest BCUT2D eigenvalue weighted by Crippen LogP contribution is -2.60. The summed E-state index contributed by atoms with van der Waals surface area (Å²) in [4.78, 5) is 5.58. The van der Waals surface area contributed by atoms with Gasteiger partial charge in [0.05, 0.1) is 27.6 Å². The van der Waals surface area contributed by atoms with E-state index in [1.165, 1.54) is 21.7 Å². The van der Waals surface area contributed by atoms with Crippen molar-refractivity contribution in [1.29, 1.82) is 0 Å². The van der Waals surface area contributed by atoms with Crippen molar-refractivity contribution in [3.05, 3.63) is 206 Å². The highest BCUT2D eigenvalue weighted by Crippen LogP contribution is 2.39. The number of imidazole rings is 2. The second-order valence-corrected chi connectivity index (χ2v) is 16.6. The molecule has 6 nitrogen and oxygen atoms in total. The molecule has 63 heavy (non-hydrogen) atoms. The average molecular weight is 805 g/mol. The zero-order valence-corrected chi connectivity index (χ0v) is 33.9. The van der Waals surface area contributed by atoms with E-state index in [4.69, 9.17) is 14.5 Å². The Bertz CT molecular complexity index is 3840. The van der Waals surface area contributed by atoms with Gasteiger partial charge in [0.15, 0.2) is 0 Å². The van der Waals surface area contributed by atoms with Gasteiger partial charge in [-0.15, -0.1) is 0 Å². The molecule has 0 saturated heterocycles. The molecule has 0 atom stereocenters. The summed E-state index contributed by atoms with van der Waals surface area (Å²) in [6, 6.07) is 73.4. The molecule has 0 unspecified atom stereocenters. The zero-order valence-electron chi connectivity index (χ0n) is 33.9. The highest BCUT2D eigenvalue weighted by molar-refractivity contribution is 7.00. The van der Waals surface area contributed by atoms with Gasteiger partial charge in [0.2, 0.25) is 5.78 Å². The molecule has 0 spiro atoms. The number of benzene rings is 9. The largest absolute Gasteiger partial charge is 0.459 e. The summed E-state index contributed by atoms with van der Waals surface area (Å²) in [5, 5.41) is 2.36.